The van der Waals surface area contributed by atoms with Gasteiger partial charge in [0.1, 0.15) is 30.8 Å². The summed E-state index contributed by atoms with van der Waals surface area (Å²) in [5, 5.41) is 10.3. The summed E-state index contributed by atoms with van der Waals surface area (Å²) in [5.74, 6) is 1.20. The highest BCUT2D eigenvalue weighted by Gasteiger charge is 2.13. The molecule has 0 spiro atoms. The van der Waals surface area contributed by atoms with Gasteiger partial charge in [-0.1, -0.05) is 30.3 Å². The number of rotatable bonds is 4. The summed E-state index contributed by atoms with van der Waals surface area (Å²) in [4.78, 5) is 11.9. The largest absolute Gasteiger partial charge is 0.507 e. The Morgan fingerprint density at radius 2 is 1.73 bits per heavy atom. The number of aromatic nitrogens is 3. The molecule has 0 atom stereocenters. The van der Waals surface area contributed by atoms with E-state index in [0.717, 1.165) is 5.56 Å². The Bertz CT molecular complexity index is 762. The van der Waals surface area contributed by atoms with Crippen LogP contribution in [0.1, 0.15) is 11.1 Å². The van der Waals surface area contributed by atoms with Gasteiger partial charge < -0.3 is 9.84 Å². The summed E-state index contributed by atoms with van der Waals surface area (Å²) in [6, 6.07) is 13.4. The maximum Gasteiger partial charge on any atom is 0.166 e. The molecular formula is C17H15N3O2. The van der Waals surface area contributed by atoms with E-state index in [9.17, 15) is 5.11 Å². The molecule has 3 rings (SSSR count). The fraction of sp³-hybridized carbons (Fsp3) is 0.118. The summed E-state index contributed by atoms with van der Waals surface area (Å²) in [5.41, 5.74) is 2.30. The quantitative estimate of drug-likeness (QED) is 0.800. The summed E-state index contributed by atoms with van der Waals surface area (Å²) in [6.07, 6.45) is 2.80. The summed E-state index contributed by atoms with van der Waals surface area (Å²) < 4.78 is 5.78. The molecule has 5 nitrogen and oxygen atoms in total. The van der Waals surface area contributed by atoms with Crippen molar-refractivity contribution in [1.82, 2.24) is 15.0 Å². The lowest BCUT2D eigenvalue weighted by Crippen LogP contribution is -1.98. The highest BCUT2D eigenvalue weighted by molar-refractivity contribution is 5.68. The SMILES string of the molecule is Cc1c(OCc2ccccc2)ccc(-c2ncncn2)c1O. The average molecular weight is 293 g/mol. The van der Waals surface area contributed by atoms with Gasteiger partial charge in [-0.15, -0.1) is 0 Å². The molecule has 0 aliphatic heterocycles. The highest BCUT2D eigenvalue weighted by atomic mass is 16.5. The van der Waals surface area contributed by atoms with Crippen molar-refractivity contribution in [3.63, 3.8) is 0 Å². The van der Waals surface area contributed by atoms with Crippen molar-refractivity contribution in [3.05, 3.63) is 66.2 Å². The van der Waals surface area contributed by atoms with E-state index in [0.29, 0.717) is 29.3 Å². The molecule has 1 aromatic heterocycles. The van der Waals surface area contributed by atoms with E-state index in [1.54, 1.807) is 13.0 Å². The van der Waals surface area contributed by atoms with Crippen LogP contribution in [0, 0.1) is 6.92 Å². The number of ether oxygens (including phenoxy) is 1. The number of benzene rings is 2. The second kappa shape index (κ2) is 6.22. The van der Waals surface area contributed by atoms with E-state index in [4.69, 9.17) is 4.74 Å². The van der Waals surface area contributed by atoms with Gasteiger partial charge in [0.25, 0.3) is 0 Å². The van der Waals surface area contributed by atoms with Crippen molar-refractivity contribution >= 4 is 0 Å². The van der Waals surface area contributed by atoms with Crippen LogP contribution in [-0.4, -0.2) is 20.1 Å². The molecule has 0 fully saturated rings. The first kappa shape index (κ1) is 14.0. The molecule has 110 valence electrons. The lowest BCUT2D eigenvalue weighted by molar-refractivity contribution is 0.302. The van der Waals surface area contributed by atoms with Crippen molar-refractivity contribution in [2.24, 2.45) is 0 Å². The van der Waals surface area contributed by atoms with Gasteiger partial charge in [-0.25, -0.2) is 15.0 Å². The van der Waals surface area contributed by atoms with Crippen molar-refractivity contribution in [2.75, 3.05) is 0 Å². The van der Waals surface area contributed by atoms with Crippen LogP contribution in [0.5, 0.6) is 11.5 Å². The summed E-state index contributed by atoms with van der Waals surface area (Å²) in [6.45, 7) is 2.26. The summed E-state index contributed by atoms with van der Waals surface area (Å²) in [7, 11) is 0. The molecule has 1 heterocycles. The molecular weight excluding hydrogens is 278 g/mol. The van der Waals surface area contributed by atoms with E-state index in [-0.39, 0.29) is 5.75 Å². The van der Waals surface area contributed by atoms with E-state index < -0.39 is 0 Å². The van der Waals surface area contributed by atoms with Crippen molar-refractivity contribution < 1.29 is 9.84 Å². The van der Waals surface area contributed by atoms with Crippen LogP contribution in [0.3, 0.4) is 0 Å². The van der Waals surface area contributed by atoms with Crippen LogP contribution in [0.25, 0.3) is 11.4 Å². The van der Waals surface area contributed by atoms with Crippen LogP contribution < -0.4 is 4.74 Å². The van der Waals surface area contributed by atoms with Gasteiger partial charge in [0, 0.05) is 5.56 Å². The molecule has 3 aromatic rings. The Balaban J connectivity index is 1.84. The van der Waals surface area contributed by atoms with Gasteiger partial charge >= 0.3 is 0 Å². The van der Waals surface area contributed by atoms with Gasteiger partial charge in [0.2, 0.25) is 0 Å². The van der Waals surface area contributed by atoms with Gasteiger partial charge in [-0.2, -0.15) is 0 Å². The second-order valence-electron chi connectivity index (χ2n) is 4.82. The molecule has 5 heteroatoms. The van der Waals surface area contributed by atoms with Crippen LogP contribution in [0.4, 0.5) is 0 Å². The Morgan fingerprint density at radius 3 is 2.45 bits per heavy atom. The third-order valence-electron chi connectivity index (χ3n) is 3.35. The number of phenols is 1. The topological polar surface area (TPSA) is 68.1 Å². The molecule has 2 aromatic carbocycles. The predicted molar refractivity (Wildman–Crippen MR) is 82.4 cm³/mol. The van der Waals surface area contributed by atoms with Crippen molar-refractivity contribution in [3.8, 4) is 22.9 Å². The van der Waals surface area contributed by atoms with Gasteiger partial charge in [0.05, 0.1) is 5.56 Å². The Labute approximate surface area is 128 Å². The molecule has 0 unspecified atom stereocenters. The standard InChI is InChI=1S/C17H15N3O2/c1-12-15(22-9-13-5-3-2-4-6-13)8-7-14(16(12)21)17-19-10-18-11-20-17/h2-8,10-11,21H,9H2,1H3. The number of hydrogen-bond donors (Lipinski definition) is 1. The predicted octanol–water partition coefficient (Wildman–Crippen LogP) is 3.13. The molecule has 0 bridgehead atoms. The first-order valence-electron chi connectivity index (χ1n) is 6.87. The minimum atomic E-state index is 0.122. The molecule has 0 aliphatic rings. The van der Waals surface area contributed by atoms with Crippen molar-refractivity contribution in [1.29, 1.82) is 0 Å². The fourth-order valence-electron chi connectivity index (χ4n) is 2.13. The molecule has 0 saturated carbocycles. The lowest BCUT2D eigenvalue weighted by Gasteiger charge is -2.12. The minimum absolute atomic E-state index is 0.122. The first-order chi connectivity index (χ1) is 10.8. The maximum absolute atomic E-state index is 10.3. The first-order valence-corrected chi connectivity index (χ1v) is 6.87. The van der Waals surface area contributed by atoms with E-state index >= 15 is 0 Å². The molecule has 0 amide bonds. The van der Waals surface area contributed by atoms with Crippen LogP contribution in [0.2, 0.25) is 0 Å². The van der Waals surface area contributed by atoms with Crippen molar-refractivity contribution in [2.45, 2.75) is 13.5 Å². The van der Waals surface area contributed by atoms with E-state index in [1.807, 2.05) is 36.4 Å². The molecule has 0 radical (unpaired) electrons. The number of phenolic OH excluding ortho intramolecular Hbond substituents is 1. The zero-order chi connectivity index (χ0) is 15.4. The van der Waals surface area contributed by atoms with Crippen LogP contribution >= 0.6 is 0 Å². The molecule has 22 heavy (non-hydrogen) atoms. The average Bonchev–Trinajstić information content (AvgIpc) is 2.58. The fourth-order valence-corrected chi connectivity index (χ4v) is 2.13. The van der Waals surface area contributed by atoms with E-state index in [1.165, 1.54) is 12.7 Å². The van der Waals surface area contributed by atoms with E-state index in [2.05, 4.69) is 15.0 Å². The summed E-state index contributed by atoms with van der Waals surface area (Å²) >= 11 is 0. The molecule has 0 saturated heterocycles. The Hall–Kier alpha value is -2.95. The smallest absolute Gasteiger partial charge is 0.166 e. The van der Waals surface area contributed by atoms with Gasteiger partial charge in [-0.05, 0) is 24.6 Å². The third kappa shape index (κ3) is 2.88. The maximum atomic E-state index is 10.3. The normalized spacial score (nSPS) is 10.4. The second-order valence-corrected chi connectivity index (χ2v) is 4.82. The van der Waals surface area contributed by atoms with Gasteiger partial charge in [-0.3, -0.25) is 0 Å². The Morgan fingerprint density at radius 1 is 1.00 bits per heavy atom. The van der Waals surface area contributed by atoms with Crippen LogP contribution in [0.15, 0.2) is 55.1 Å². The zero-order valence-electron chi connectivity index (χ0n) is 12.1. The highest BCUT2D eigenvalue weighted by Crippen LogP contribution is 2.35. The zero-order valence-corrected chi connectivity index (χ0v) is 12.1. The Kier molecular flexibility index (Phi) is 3.96. The monoisotopic (exact) mass is 293 g/mol. The number of aromatic hydroxyl groups is 1. The minimum Gasteiger partial charge on any atom is -0.507 e. The van der Waals surface area contributed by atoms with Crippen LogP contribution in [-0.2, 0) is 6.61 Å². The molecule has 1 N–H and O–H groups in total. The number of hydrogen-bond acceptors (Lipinski definition) is 5. The number of nitrogens with zero attached hydrogens (tertiary/aromatic N) is 3. The third-order valence-corrected chi connectivity index (χ3v) is 3.35. The molecule has 0 aliphatic carbocycles. The van der Waals surface area contributed by atoms with Gasteiger partial charge in [0.15, 0.2) is 5.82 Å². The lowest BCUT2D eigenvalue weighted by atomic mass is 10.1.